The van der Waals surface area contributed by atoms with Crippen LogP contribution in [-0.2, 0) is 0 Å². The van der Waals surface area contributed by atoms with E-state index in [1.54, 1.807) is 0 Å². The normalized spacial score (nSPS) is 20.0. The number of nitrogens with one attached hydrogen (secondary N) is 1. The van der Waals surface area contributed by atoms with Gasteiger partial charge in [0.15, 0.2) is 5.78 Å². The number of rotatable bonds is 3. The first-order valence-electron chi connectivity index (χ1n) is 5.81. The zero-order valence-electron chi connectivity index (χ0n) is 9.83. The number of benzene rings is 1. The Hall–Kier alpha value is -1.42. The van der Waals surface area contributed by atoms with Gasteiger partial charge in [-0.25, -0.2) is 4.39 Å². The number of ether oxygens (including phenoxy) is 1. The second-order valence-corrected chi connectivity index (χ2v) is 4.25. The molecule has 1 aromatic carbocycles. The lowest BCUT2D eigenvalue weighted by Gasteiger charge is -2.22. The second-order valence-electron chi connectivity index (χ2n) is 4.25. The SMILES string of the molecule is COc1ccc(F)cc1C(=O)C1CCCNC1. The fraction of sp³-hybridized carbons (Fsp3) is 0.462. The second kappa shape index (κ2) is 5.27. The maximum Gasteiger partial charge on any atom is 0.171 e. The molecular weight excluding hydrogens is 221 g/mol. The van der Waals surface area contributed by atoms with E-state index in [-0.39, 0.29) is 11.7 Å². The van der Waals surface area contributed by atoms with Gasteiger partial charge >= 0.3 is 0 Å². The minimum absolute atomic E-state index is 0.0337. The molecule has 0 saturated carbocycles. The van der Waals surface area contributed by atoms with Crippen molar-refractivity contribution in [2.75, 3.05) is 20.2 Å². The highest BCUT2D eigenvalue weighted by Crippen LogP contribution is 2.25. The van der Waals surface area contributed by atoms with Crippen LogP contribution in [0.2, 0.25) is 0 Å². The Bertz CT molecular complexity index is 414. The molecule has 1 N–H and O–H groups in total. The fourth-order valence-electron chi connectivity index (χ4n) is 2.17. The van der Waals surface area contributed by atoms with Crippen molar-refractivity contribution in [3.05, 3.63) is 29.6 Å². The van der Waals surface area contributed by atoms with Gasteiger partial charge in [-0.3, -0.25) is 4.79 Å². The molecule has 0 aromatic heterocycles. The third-order valence-electron chi connectivity index (χ3n) is 3.09. The zero-order valence-corrected chi connectivity index (χ0v) is 9.83. The van der Waals surface area contributed by atoms with Crippen LogP contribution in [0, 0.1) is 11.7 Å². The third kappa shape index (κ3) is 2.64. The molecule has 2 rings (SSSR count). The molecule has 3 nitrogen and oxygen atoms in total. The highest BCUT2D eigenvalue weighted by Gasteiger charge is 2.24. The van der Waals surface area contributed by atoms with Gasteiger partial charge in [0.25, 0.3) is 0 Å². The van der Waals surface area contributed by atoms with Crippen LogP contribution in [-0.4, -0.2) is 26.0 Å². The fourth-order valence-corrected chi connectivity index (χ4v) is 2.17. The number of methoxy groups -OCH3 is 1. The topological polar surface area (TPSA) is 38.3 Å². The van der Waals surface area contributed by atoms with Crippen molar-refractivity contribution < 1.29 is 13.9 Å². The molecule has 0 aliphatic carbocycles. The molecule has 1 heterocycles. The monoisotopic (exact) mass is 237 g/mol. The maximum absolute atomic E-state index is 13.2. The van der Waals surface area contributed by atoms with E-state index in [1.165, 1.54) is 25.3 Å². The van der Waals surface area contributed by atoms with E-state index in [0.29, 0.717) is 17.9 Å². The van der Waals surface area contributed by atoms with Gasteiger partial charge in [-0.2, -0.15) is 0 Å². The van der Waals surface area contributed by atoms with Gasteiger partial charge in [-0.05, 0) is 37.6 Å². The van der Waals surface area contributed by atoms with Gasteiger partial charge < -0.3 is 10.1 Å². The Kier molecular flexibility index (Phi) is 3.74. The summed E-state index contributed by atoms with van der Waals surface area (Å²) in [7, 11) is 1.49. The van der Waals surface area contributed by atoms with E-state index >= 15 is 0 Å². The number of halogens is 1. The molecular formula is C13H16FNO2. The summed E-state index contributed by atoms with van der Waals surface area (Å²) >= 11 is 0. The molecule has 1 aliphatic heterocycles. The predicted molar refractivity (Wildman–Crippen MR) is 62.9 cm³/mol. The van der Waals surface area contributed by atoms with Gasteiger partial charge in [0, 0.05) is 12.5 Å². The number of carbonyl (C=O) groups is 1. The summed E-state index contributed by atoms with van der Waals surface area (Å²) in [4.78, 5) is 12.2. The van der Waals surface area contributed by atoms with Crippen LogP contribution in [0.25, 0.3) is 0 Å². The minimum atomic E-state index is -0.405. The first kappa shape index (κ1) is 12.0. The summed E-state index contributed by atoms with van der Waals surface area (Å²) in [6.45, 7) is 1.61. The number of carbonyl (C=O) groups excluding carboxylic acids is 1. The van der Waals surface area contributed by atoms with Crippen molar-refractivity contribution in [1.82, 2.24) is 5.32 Å². The highest BCUT2D eigenvalue weighted by atomic mass is 19.1. The third-order valence-corrected chi connectivity index (χ3v) is 3.09. The number of piperidine rings is 1. The molecule has 92 valence electrons. The predicted octanol–water partition coefficient (Wildman–Crippen LogP) is 2.02. The van der Waals surface area contributed by atoms with E-state index in [9.17, 15) is 9.18 Å². The molecule has 0 bridgehead atoms. The smallest absolute Gasteiger partial charge is 0.171 e. The van der Waals surface area contributed by atoms with E-state index in [0.717, 1.165) is 19.4 Å². The van der Waals surface area contributed by atoms with E-state index < -0.39 is 5.82 Å². The molecule has 17 heavy (non-hydrogen) atoms. The van der Waals surface area contributed by atoms with Crippen molar-refractivity contribution in [2.45, 2.75) is 12.8 Å². The summed E-state index contributed by atoms with van der Waals surface area (Å²) in [6.07, 6.45) is 1.83. The lowest BCUT2D eigenvalue weighted by molar-refractivity contribution is 0.0896. The van der Waals surface area contributed by atoms with Crippen LogP contribution in [0.3, 0.4) is 0 Å². The first-order chi connectivity index (χ1) is 8.22. The number of hydrogen-bond acceptors (Lipinski definition) is 3. The van der Waals surface area contributed by atoms with Gasteiger partial charge in [0.05, 0.1) is 12.7 Å². The summed E-state index contributed by atoms with van der Waals surface area (Å²) in [5, 5.41) is 3.18. The zero-order chi connectivity index (χ0) is 12.3. The largest absolute Gasteiger partial charge is 0.496 e. The minimum Gasteiger partial charge on any atom is -0.496 e. The Balaban J connectivity index is 2.25. The van der Waals surface area contributed by atoms with Gasteiger partial charge in [-0.15, -0.1) is 0 Å². The van der Waals surface area contributed by atoms with Gasteiger partial charge in [0.1, 0.15) is 11.6 Å². The number of Topliss-reactive ketones (excluding diaryl/α,β-unsaturated/α-hetero) is 1. The molecule has 0 amide bonds. The molecule has 1 atom stereocenters. The van der Waals surface area contributed by atoms with E-state index in [4.69, 9.17) is 4.74 Å². The molecule has 0 radical (unpaired) electrons. The molecule has 0 spiro atoms. The van der Waals surface area contributed by atoms with E-state index in [1.807, 2.05) is 0 Å². The van der Waals surface area contributed by atoms with Crippen LogP contribution in [0.5, 0.6) is 5.75 Å². The Morgan fingerprint density at radius 1 is 1.53 bits per heavy atom. The van der Waals surface area contributed by atoms with Crippen LogP contribution in [0.15, 0.2) is 18.2 Å². The van der Waals surface area contributed by atoms with Crippen LogP contribution >= 0.6 is 0 Å². The summed E-state index contributed by atoms with van der Waals surface area (Å²) in [6, 6.07) is 4.06. The molecule has 1 aliphatic rings. The van der Waals surface area contributed by atoms with Crippen molar-refractivity contribution in [3.8, 4) is 5.75 Å². The lowest BCUT2D eigenvalue weighted by Crippen LogP contribution is -2.34. The molecule has 4 heteroatoms. The standard InChI is InChI=1S/C13H16FNO2/c1-17-12-5-4-10(14)7-11(12)13(16)9-3-2-6-15-8-9/h4-5,7,9,15H,2-3,6,8H2,1H3. The Labute approximate surface area is 100.0 Å². The van der Waals surface area contributed by atoms with Crippen molar-refractivity contribution in [3.63, 3.8) is 0 Å². The Morgan fingerprint density at radius 3 is 3.00 bits per heavy atom. The number of hydrogen-bond donors (Lipinski definition) is 1. The summed E-state index contributed by atoms with van der Waals surface area (Å²) < 4.78 is 18.3. The van der Waals surface area contributed by atoms with Crippen molar-refractivity contribution >= 4 is 5.78 Å². The van der Waals surface area contributed by atoms with Crippen molar-refractivity contribution in [2.24, 2.45) is 5.92 Å². The van der Waals surface area contributed by atoms with Crippen molar-refractivity contribution in [1.29, 1.82) is 0 Å². The molecule has 1 aromatic rings. The number of ketones is 1. The summed E-state index contributed by atoms with van der Waals surface area (Å²) in [5.74, 6) is -0.0621. The first-order valence-corrected chi connectivity index (χ1v) is 5.81. The van der Waals surface area contributed by atoms with Gasteiger partial charge in [-0.1, -0.05) is 0 Å². The lowest BCUT2D eigenvalue weighted by atomic mass is 9.90. The molecule has 1 unspecified atom stereocenters. The Morgan fingerprint density at radius 2 is 2.35 bits per heavy atom. The highest BCUT2D eigenvalue weighted by molar-refractivity contribution is 6.00. The van der Waals surface area contributed by atoms with Crippen LogP contribution in [0.1, 0.15) is 23.2 Å². The molecule has 1 fully saturated rings. The van der Waals surface area contributed by atoms with Crippen LogP contribution in [0.4, 0.5) is 4.39 Å². The van der Waals surface area contributed by atoms with E-state index in [2.05, 4.69) is 5.32 Å². The average molecular weight is 237 g/mol. The maximum atomic E-state index is 13.2. The quantitative estimate of drug-likeness (QED) is 0.817. The average Bonchev–Trinajstić information content (AvgIpc) is 2.39. The molecule has 1 saturated heterocycles. The summed E-state index contributed by atoms with van der Waals surface area (Å²) in [5.41, 5.74) is 0.348. The van der Waals surface area contributed by atoms with Gasteiger partial charge in [0.2, 0.25) is 0 Å². The van der Waals surface area contributed by atoms with Crippen LogP contribution < -0.4 is 10.1 Å².